The molecule has 1 aromatic rings. The third kappa shape index (κ3) is 7.30. The third-order valence-electron chi connectivity index (χ3n) is 5.34. The predicted molar refractivity (Wildman–Crippen MR) is 111 cm³/mol. The number of furan rings is 1. The van der Waals surface area contributed by atoms with E-state index >= 15 is 0 Å². The van der Waals surface area contributed by atoms with Crippen molar-refractivity contribution in [1.29, 1.82) is 0 Å². The Kier molecular flexibility index (Phi) is 9.03. The second-order valence-electron chi connectivity index (χ2n) is 8.30. The average Bonchev–Trinajstić information content (AvgIpc) is 3.00. The van der Waals surface area contributed by atoms with E-state index in [4.69, 9.17) is 4.42 Å². The molecule has 158 valence electrons. The molecule has 6 nitrogen and oxygen atoms in total. The molecular weight excluding hydrogens is 354 g/mol. The maximum Gasteiger partial charge on any atom is 0.257 e. The summed E-state index contributed by atoms with van der Waals surface area (Å²) in [6.07, 6.45) is 5.08. The summed E-state index contributed by atoms with van der Waals surface area (Å²) in [5, 5.41) is 3.01. The van der Waals surface area contributed by atoms with Crippen LogP contribution in [0.1, 0.15) is 67.8 Å². The first-order chi connectivity index (χ1) is 13.4. The summed E-state index contributed by atoms with van der Waals surface area (Å²) in [5.74, 6) is 1.85. The Morgan fingerprint density at radius 1 is 1.18 bits per heavy atom. The first-order valence-electron chi connectivity index (χ1n) is 10.7. The molecule has 0 aromatic carbocycles. The molecule has 2 amide bonds. The smallest absolute Gasteiger partial charge is 0.257 e. The quantitative estimate of drug-likeness (QED) is 0.664. The number of piperidine rings is 1. The van der Waals surface area contributed by atoms with E-state index < -0.39 is 0 Å². The summed E-state index contributed by atoms with van der Waals surface area (Å²) >= 11 is 0. The minimum absolute atomic E-state index is 0.0134. The van der Waals surface area contributed by atoms with Crippen LogP contribution in [-0.4, -0.2) is 60.9 Å². The number of nitrogens with one attached hydrogen (secondary N) is 1. The highest BCUT2D eigenvalue weighted by Crippen LogP contribution is 2.17. The number of hydrogen-bond acceptors (Lipinski definition) is 4. The molecule has 0 atom stereocenters. The molecule has 0 saturated carbocycles. The number of amides is 2. The van der Waals surface area contributed by atoms with Crippen molar-refractivity contribution in [3.63, 3.8) is 0 Å². The van der Waals surface area contributed by atoms with Gasteiger partial charge in [0.25, 0.3) is 5.91 Å². The molecule has 1 fully saturated rings. The Bertz CT molecular complexity index is 633. The van der Waals surface area contributed by atoms with Gasteiger partial charge >= 0.3 is 0 Å². The lowest BCUT2D eigenvalue weighted by atomic mass is 10.1. The van der Waals surface area contributed by atoms with Gasteiger partial charge in [-0.1, -0.05) is 20.3 Å². The minimum atomic E-state index is -0.0453. The molecule has 28 heavy (non-hydrogen) atoms. The van der Waals surface area contributed by atoms with Crippen molar-refractivity contribution in [2.24, 2.45) is 5.92 Å². The zero-order valence-electron chi connectivity index (χ0n) is 18.1. The SMILES string of the molecule is Cc1cc(C(=O)N(CCC(=O)NCCN2CCCCC2)CCC(C)C)c(C)o1. The Labute approximate surface area is 169 Å². The van der Waals surface area contributed by atoms with Crippen molar-refractivity contribution in [2.75, 3.05) is 39.3 Å². The van der Waals surface area contributed by atoms with E-state index in [0.29, 0.717) is 43.3 Å². The van der Waals surface area contributed by atoms with Crippen LogP contribution in [0.2, 0.25) is 0 Å². The summed E-state index contributed by atoms with van der Waals surface area (Å²) in [4.78, 5) is 29.4. The molecule has 2 rings (SSSR count). The van der Waals surface area contributed by atoms with Crippen LogP contribution in [0.4, 0.5) is 0 Å². The Hall–Kier alpha value is -1.82. The molecule has 1 N–H and O–H groups in total. The molecular formula is C22H37N3O3. The molecule has 1 aliphatic heterocycles. The largest absolute Gasteiger partial charge is 0.466 e. The predicted octanol–water partition coefficient (Wildman–Crippen LogP) is 3.38. The molecule has 0 aliphatic carbocycles. The van der Waals surface area contributed by atoms with E-state index in [1.54, 1.807) is 11.0 Å². The van der Waals surface area contributed by atoms with Crippen molar-refractivity contribution < 1.29 is 14.0 Å². The van der Waals surface area contributed by atoms with Crippen molar-refractivity contribution in [3.8, 4) is 0 Å². The monoisotopic (exact) mass is 391 g/mol. The Morgan fingerprint density at radius 3 is 2.50 bits per heavy atom. The second-order valence-corrected chi connectivity index (χ2v) is 8.30. The van der Waals surface area contributed by atoms with Gasteiger partial charge in [-0.2, -0.15) is 0 Å². The van der Waals surface area contributed by atoms with Crippen LogP contribution < -0.4 is 5.32 Å². The molecule has 1 saturated heterocycles. The molecule has 1 aromatic heterocycles. The van der Waals surface area contributed by atoms with Crippen molar-refractivity contribution in [3.05, 3.63) is 23.2 Å². The average molecular weight is 392 g/mol. The second kappa shape index (κ2) is 11.2. The number of hydrogen-bond donors (Lipinski definition) is 1. The van der Waals surface area contributed by atoms with E-state index in [0.717, 1.165) is 31.8 Å². The maximum absolute atomic E-state index is 13.0. The molecule has 0 bridgehead atoms. The molecule has 0 unspecified atom stereocenters. The fraction of sp³-hybridized carbons (Fsp3) is 0.727. The maximum atomic E-state index is 13.0. The minimum Gasteiger partial charge on any atom is -0.466 e. The fourth-order valence-electron chi connectivity index (χ4n) is 3.60. The van der Waals surface area contributed by atoms with Gasteiger partial charge in [0.05, 0.1) is 5.56 Å². The number of carbonyl (C=O) groups is 2. The van der Waals surface area contributed by atoms with Gasteiger partial charge in [-0.05, 0) is 58.2 Å². The van der Waals surface area contributed by atoms with Crippen molar-refractivity contribution in [2.45, 2.75) is 59.8 Å². The normalized spacial score (nSPS) is 15.0. The highest BCUT2D eigenvalue weighted by molar-refractivity contribution is 5.95. The highest BCUT2D eigenvalue weighted by Gasteiger charge is 2.21. The lowest BCUT2D eigenvalue weighted by molar-refractivity contribution is -0.121. The summed E-state index contributed by atoms with van der Waals surface area (Å²) in [7, 11) is 0. The van der Waals surface area contributed by atoms with Crippen LogP contribution in [0.5, 0.6) is 0 Å². The molecule has 1 aliphatic rings. The molecule has 0 spiro atoms. The number of nitrogens with zero attached hydrogens (tertiary/aromatic N) is 2. The Balaban J connectivity index is 1.82. The molecule has 0 radical (unpaired) electrons. The van der Waals surface area contributed by atoms with Crippen LogP contribution in [0.3, 0.4) is 0 Å². The number of rotatable bonds is 10. The van der Waals surface area contributed by atoms with E-state index in [2.05, 4.69) is 24.1 Å². The lowest BCUT2D eigenvalue weighted by Crippen LogP contribution is -2.39. The van der Waals surface area contributed by atoms with Crippen molar-refractivity contribution in [1.82, 2.24) is 15.1 Å². The Morgan fingerprint density at radius 2 is 1.89 bits per heavy atom. The van der Waals surface area contributed by atoms with E-state index in [1.807, 2.05) is 13.8 Å². The van der Waals surface area contributed by atoms with Gasteiger partial charge in [0.2, 0.25) is 5.91 Å². The zero-order valence-corrected chi connectivity index (χ0v) is 18.1. The summed E-state index contributed by atoms with van der Waals surface area (Å²) in [5.41, 5.74) is 0.603. The zero-order chi connectivity index (χ0) is 20.5. The van der Waals surface area contributed by atoms with Crippen LogP contribution in [-0.2, 0) is 4.79 Å². The number of aryl methyl sites for hydroxylation is 2. The van der Waals surface area contributed by atoms with Crippen LogP contribution in [0.25, 0.3) is 0 Å². The van der Waals surface area contributed by atoms with Crippen molar-refractivity contribution >= 4 is 11.8 Å². The summed E-state index contributed by atoms with van der Waals surface area (Å²) in [6, 6.07) is 1.79. The molecule has 6 heteroatoms. The third-order valence-corrected chi connectivity index (χ3v) is 5.34. The number of carbonyl (C=O) groups excluding carboxylic acids is 2. The lowest BCUT2D eigenvalue weighted by Gasteiger charge is -2.26. The van der Waals surface area contributed by atoms with Crippen LogP contribution in [0.15, 0.2) is 10.5 Å². The topological polar surface area (TPSA) is 65.8 Å². The van der Waals surface area contributed by atoms with Crippen LogP contribution in [0, 0.1) is 19.8 Å². The van der Waals surface area contributed by atoms with Gasteiger partial charge in [-0.3, -0.25) is 9.59 Å². The summed E-state index contributed by atoms with van der Waals surface area (Å²) < 4.78 is 5.52. The first kappa shape index (κ1) is 22.5. The molecule has 2 heterocycles. The number of likely N-dealkylation sites (tertiary alicyclic amines) is 1. The van der Waals surface area contributed by atoms with Gasteiger partial charge in [-0.15, -0.1) is 0 Å². The highest BCUT2D eigenvalue weighted by atomic mass is 16.3. The van der Waals surface area contributed by atoms with Gasteiger partial charge < -0.3 is 19.5 Å². The van der Waals surface area contributed by atoms with E-state index in [9.17, 15) is 9.59 Å². The fourth-order valence-corrected chi connectivity index (χ4v) is 3.60. The summed E-state index contributed by atoms with van der Waals surface area (Å²) in [6.45, 7) is 12.9. The first-order valence-corrected chi connectivity index (χ1v) is 10.7. The van der Waals surface area contributed by atoms with Crippen LogP contribution >= 0.6 is 0 Å². The van der Waals surface area contributed by atoms with Gasteiger partial charge in [0.1, 0.15) is 11.5 Å². The van der Waals surface area contributed by atoms with E-state index in [1.165, 1.54) is 19.3 Å². The standard InChI is InChI=1S/C22H37N3O3/c1-17(2)8-13-25(22(27)20-16-18(3)28-19(20)4)14-9-21(26)23-10-15-24-11-6-5-7-12-24/h16-17H,5-15H2,1-4H3,(H,23,26). The van der Waals surface area contributed by atoms with Gasteiger partial charge in [0, 0.05) is 32.6 Å². The van der Waals surface area contributed by atoms with Gasteiger partial charge in [0.15, 0.2) is 0 Å². The van der Waals surface area contributed by atoms with Gasteiger partial charge in [-0.25, -0.2) is 0 Å². The van der Waals surface area contributed by atoms with E-state index in [-0.39, 0.29) is 11.8 Å².